The van der Waals surface area contributed by atoms with Gasteiger partial charge in [0.1, 0.15) is 4.88 Å². The molecule has 2 nitrogen and oxygen atoms in total. The molecule has 28 heavy (non-hydrogen) atoms. The summed E-state index contributed by atoms with van der Waals surface area (Å²) in [4.78, 5) is 10.4. The fraction of sp³-hybridized carbons (Fsp3) is 0.783. The molecule has 4 rings (SSSR count). The minimum Gasteiger partial charge on any atom is -0.477 e. The molecule has 0 atom stereocenters. The van der Waals surface area contributed by atoms with Gasteiger partial charge in [-0.15, -0.1) is 11.3 Å². The van der Waals surface area contributed by atoms with Crippen molar-refractivity contribution in [2.75, 3.05) is 0 Å². The van der Waals surface area contributed by atoms with Crippen molar-refractivity contribution in [2.24, 2.45) is 0 Å². The maximum Gasteiger partial charge on any atom is 0.345 e. The van der Waals surface area contributed by atoms with E-state index in [1.54, 1.807) is 102 Å². The van der Waals surface area contributed by atoms with Crippen molar-refractivity contribution in [3.05, 3.63) is 21.3 Å². The van der Waals surface area contributed by atoms with Crippen molar-refractivity contribution in [1.82, 2.24) is 0 Å². The molecule has 0 aliphatic heterocycles. The average molecular weight is 532 g/mol. The van der Waals surface area contributed by atoms with Crippen LogP contribution in [0.3, 0.4) is 0 Å². The molecule has 5 heteroatoms. The van der Waals surface area contributed by atoms with Crippen LogP contribution < -0.4 is 0 Å². The van der Waals surface area contributed by atoms with Gasteiger partial charge < -0.3 is 5.11 Å². The van der Waals surface area contributed by atoms with E-state index in [0.717, 1.165) is 11.3 Å². The molecule has 0 bridgehead atoms. The van der Waals surface area contributed by atoms with E-state index >= 15 is 0 Å². The number of thiophene rings is 1. The van der Waals surface area contributed by atoms with E-state index in [9.17, 15) is 4.79 Å². The van der Waals surface area contributed by atoms with Crippen LogP contribution in [-0.4, -0.2) is 30.8 Å². The molecule has 0 amide bonds. The van der Waals surface area contributed by atoms with Crippen LogP contribution in [0.25, 0.3) is 0 Å². The first kappa shape index (κ1) is 22.9. The molecule has 1 N–H and O–H groups in total. The fourth-order valence-corrected chi connectivity index (χ4v) is 24.2. The van der Waals surface area contributed by atoms with Gasteiger partial charge in [0.25, 0.3) is 0 Å². The first-order valence-corrected chi connectivity index (χ1v) is 18.5. The number of carboxylic acid groups (broad SMARTS) is 1. The van der Waals surface area contributed by atoms with Gasteiger partial charge in [-0.2, -0.15) is 0 Å². The Morgan fingerprint density at radius 1 is 0.786 bits per heavy atom. The molecular weight excluding hydrogens is 494 g/mol. The van der Waals surface area contributed by atoms with Gasteiger partial charge in [0.05, 0.1) is 4.34 Å². The van der Waals surface area contributed by atoms with Gasteiger partial charge in [0, 0.05) is 0 Å². The zero-order valence-electron chi connectivity index (χ0n) is 17.2. The summed E-state index contributed by atoms with van der Waals surface area (Å²) < 4.78 is 4.51. The van der Waals surface area contributed by atoms with Gasteiger partial charge in [0.2, 0.25) is 0 Å². The van der Waals surface area contributed by atoms with Crippen molar-refractivity contribution in [1.29, 1.82) is 0 Å². The zero-order chi connectivity index (χ0) is 19.8. The Kier molecular flexibility index (Phi) is 9.99. The van der Waals surface area contributed by atoms with Crippen molar-refractivity contribution < 1.29 is 9.90 Å². The Balaban J connectivity index is 0.000000211. The minimum atomic E-state index is -1.31. The van der Waals surface area contributed by atoms with E-state index in [-0.39, 0.29) is 4.88 Å². The molecule has 3 aliphatic carbocycles. The third kappa shape index (κ3) is 6.90. The van der Waals surface area contributed by atoms with E-state index in [1.165, 1.54) is 17.9 Å². The number of hydrogen-bond acceptors (Lipinski definition) is 2. The Hall–Kier alpha value is 0.259. The minimum absolute atomic E-state index is 0.278. The van der Waals surface area contributed by atoms with Crippen LogP contribution in [0.5, 0.6) is 0 Å². The van der Waals surface area contributed by atoms with Crippen molar-refractivity contribution in [2.45, 2.75) is 108 Å². The first-order valence-electron chi connectivity index (χ1n) is 11.6. The van der Waals surface area contributed by atoms with Crippen LogP contribution in [0.1, 0.15) is 106 Å². The van der Waals surface area contributed by atoms with Crippen LogP contribution in [-0.2, 0) is 0 Å². The van der Waals surface area contributed by atoms with E-state index in [4.69, 9.17) is 16.7 Å². The monoisotopic (exact) mass is 532 g/mol. The third-order valence-corrected chi connectivity index (χ3v) is 23.6. The molecule has 158 valence electrons. The molecule has 0 spiro atoms. The quantitative estimate of drug-likeness (QED) is 0.397. The summed E-state index contributed by atoms with van der Waals surface area (Å²) in [7, 11) is 0. The molecule has 0 saturated heterocycles. The molecule has 3 fully saturated rings. The fourth-order valence-electron chi connectivity index (χ4n) is 6.14. The largest absolute Gasteiger partial charge is 0.477 e. The number of halogens is 1. The maximum absolute atomic E-state index is 10.2. The second-order valence-corrected chi connectivity index (χ2v) is 22.3. The second kappa shape index (κ2) is 12.2. The summed E-state index contributed by atoms with van der Waals surface area (Å²) in [6, 6.07) is 3.05. The molecule has 0 unspecified atom stereocenters. The predicted octanol–water partition coefficient (Wildman–Crippen LogP) is 8.32. The molecule has 3 saturated carbocycles. The zero-order valence-corrected chi connectivity index (χ0v) is 22.1. The van der Waals surface area contributed by atoms with Gasteiger partial charge in [-0.3, -0.25) is 0 Å². The Morgan fingerprint density at radius 3 is 1.43 bits per heavy atom. The topological polar surface area (TPSA) is 37.3 Å². The number of rotatable bonds is 4. The van der Waals surface area contributed by atoms with E-state index in [2.05, 4.69) is 0 Å². The van der Waals surface area contributed by atoms with E-state index < -0.39 is 25.7 Å². The molecule has 0 aromatic carbocycles. The predicted molar refractivity (Wildman–Crippen MR) is 124 cm³/mol. The summed E-state index contributed by atoms with van der Waals surface area (Å²) in [5, 5.41) is 8.35. The second-order valence-electron chi connectivity index (χ2n) is 9.18. The van der Waals surface area contributed by atoms with Gasteiger partial charge >= 0.3 is 134 Å². The summed E-state index contributed by atoms with van der Waals surface area (Å²) in [6.07, 6.45) is 24.3. The third-order valence-electron chi connectivity index (χ3n) is 7.37. The summed E-state index contributed by atoms with van der Waals surface area (Å²) in [6.45, 7) is 0. The Morgan fingerprint density at radius 2 is 1.18 bits per heavy atom. The van der Waals surface area contributed by atoms with E-state index in [1.807, 2.05) is 0 Å². The molecule has 1 heterocycles. The normalized spacial score (nSPS) is 22.6. The van der Waals surface area contributed by atoms with Crippen LogP contribution in [0.15, 0.2) is 12.1 Å². The molecule has 1 aromatic rings. The molecule has 1 aromatic heterocycles. The van der Waals surface area contributed by atoms with E-state index in [0.29, 0.717) is 4.34 Å². The number of carbonyl (C=O) groups is 1. The van der Waals surface area contributed by atoms with Gasteiger partial charge in [-0.1, -0.05) is 11.6 Å². The van der Waals surface area contributed by atoms with Gasteiger partial charge in [0.15, 0.2) is 0 Å². The van der Waals surface area contributed by atoms with Crippen molar-refractivity contribution in [3.63, 3.8) is 0 Å². The van der Waals surface area contributed by atoms with Crippen LogP contribution in [0.4, 0.5) is 0 Å². The summed E-state index contributed by atoms with van der Waals surface area (Å²) in [5.74, 6) is -0.924. The number of aromatic carboxylic acids is 1. The first-order chi connectivity index (χ1) is 13.6. The number of hydrogen-bond donors (Lipinski definition) is 1. The van der Waals surface area contributed by atoms with Gasteiger partial charge in [-0.05, 0) is 12.1 Å². The van der Waals surface area contributed by atoms with Crippen molar-refractivity contribution in [3.8, 4) is 0 Å². The van der Waals surface area contributed by atoms with Crippen LogP contribution in [0.2, 0.25) is 16.1 Å². The van der Waals surface area contributed by atoms with Crippen LogP contribution >= 0.6 is 22.9 Å². The van der Waals surface area contributed by atoms with Crippen molar-refractivity contribution >= 4 is 48.7 Å². The summed E-state index contributed by atoms with van der Waals surface area (Å²) >= 11 is 5.22. The molecule has 0 radical (unpaired) electrons. The molecular formula is C23H37ClO2SSn. The number of carboxylic acids is 1. The smallest absolute Gasteiger partial charge is 0.345 e. The van der Waals surface area contributed by atoms with Crippen LogP contribution in [0, 0.1) is 0 Å². The molecule has 3 aliphatic rings. The standard InChI is InChI=1S/3C6H11.C5H3ClO2S.Sn.H/c3*1-2-4-6-5-3-1;6-4-2-1-3(9-4)5(7)8;;/h3*1H,2-6H2;1-2H,(H,7,8);;. The summed E-state index contributed by atoms with van der Waals surface area (Å²) in [5.41, 5.74) is 0. The maximum atomic E-state index is 10.2. The Bertz CT molecular complexity index is 544. The SMILES string of the molecule is C1CC[CH]([SnH]([CH]2CCCCC2)[CH]2CCCCC2)CC1.O=C(O)c1ccc(Cl)s1. The van der Waals surface area contributed by atoms with Gasteiger partial charge in [-0.25, -0.2) is 4.79 Å². The average Bonchev–Trinajstić information content (AvgIpc) is 3.18. The Labute approximate surface area is 187 Å².